The molecule has 1 unspecified atom stereocenters. The van der Waals surface area contributed by atoms with Crippen LogP contribution >= 0.6 is 0 Å². The van der Waals surface area contributed by atoms with Gasteiger partial charge in [-0.3, -0.25) is 9.78 Å². The molecule has 5 nitrogen and oxygen atoms in total. The van der Waals surface area contributed by atoms with Gasteiger partial charge in [0.2, 0.25) is 0 Å². The number of benzene rings is 1. The number of nitrogens with one attached hydrogen (secondary N) is 1. The molecule has 5 heteroatoms. The van der Waals surface area contributed by atoms with Crippen molar-refractivity contribution in [1.29, 1.82) is 0 Å². The summed E-state index contributed by atoms with van der Waals surface area (Å²) < 4.78 is 5.78. The number of ether oxygens (including phenoxy) is 1. The monoisotopic (exact) mass is 283 g/mol. The van der Waals surface area contributed by atoms with Crippen molar-refractivity contribution in [3.05, 3.63) is 59.4 Å². The number of carbonyl (C=O) groups excluding carboxylic acids is 1. The summed E-state index contributed by atoms with van der Waals surface area (Å²) in [6.07, 6.45) is 2.42. The van der Waals surface area contributed by atoms with Crippen molar-refractivity contribution >= 4 is 5.91 Å². The number of para-hydroxylation sites is 1. The first kappa shape index (κ1) is 13.6. The fourth-order valence-electron chi connectivity index (χ4n) is 2.34. The van der Waals surface area contributed by atoms with Gasteiger partial charge in [0, 0.05) is 19.2 Å². The van der Waals surface area contributed by atoms with Crippen LogP contribution in [0.2, 0.25) is 0 Å². The van der Waals surface area contributed by atoms with Crippen molar-refractivity contribution < 1.29 is 9.53 Å². The van der Waals surface area contributed by atoms with E-state index in [1.54, 1.807) is 12.3 Å². The number of amides is 1. The lowest BCUT2D eigenvalue weighted by Gasteiger charge is -2.11. The predicted molar refractivity (Wildman–Crippen MR) is 79.0 cm³/mol. The molecule has 1 aliphatic heterocycles. The smallest absolute Gasteiger partial charge is 0.270 e. The summed E-state index contributed by atoms with van der Waals surface area (Å²) >= 11 is 0. The maximum Gasteiger partial charge on any atom is 0.270 e. The van der Waals surface area contributed by atoms with Gasteiger partial charge in [-0.15, -0.1) is 0 Å². The number of aromatic nitrogens is 1. The Labute approximate surface area is 123 Å². The molecular weight excluding hydrogens is 266 g/mol. The zero-order chi connectivity index (χ0) is 14.7. The molecule has 2 heterocycles. The van der Waals surface area contributed by atoms with Crippen molar-refractivity contribution in [3.8, 4) is 5.75 Å². The summed E-state index contributed by atoms with van der Waals surface area (Å²) in [6, 6.07) is 11.4. The number of hydrogen-bond donors (Lipinski definition) is 2. The number of pyridine rings is 1. The first-order valence-corrected chi connectivity index (χ1v) is 6.94. The van der Waals surface area contributed by atoms with Crippen LogP contribution in [0.5, 0.6) is 5.75 Å². The third-order valence-corrected chi connectivity index (χ3v) is 3.50. The van der Waals surface area contributed by atoms with Gasteiger partial charge < -0.3 is 15.8 Å². The van der Waals surface area contributed by atoms with Crippen LogP contribution in [0, 0.1) is 0 Å². The molecule has 108 valence electrons. The second-order valence-corrected chi connectivity index (χ2v) is 5.02. The highest BCUT2D eigenvalue weighted by Gasteiger charge is 2.22. The van der Waals surface area contributed by atoms with Crippen molar-refractivity contribution in [2.75, 3.05) is 6.54 Å². The molecule has 3 N–H and O–H groups in total. The van der Waals surface area contributed by atoms with Crippen molar-refractivity contribution in [2.24, 2.45) is 5.73 Å². The second-order valence-electron chi connectivity index (χ2n) is 5.02. The predicted octanol–water partition coefficient (Wildman–Crippen LogP) is 1.27. The number of rotatable bonds is 4. The molecule has 0 saturated carbocycles. The van der Waals surface area contributed by atoms with Crippen LogP contribution in [0.3, 0.4) is 0 Å². The SMILES string of the molecule is NCc1ccc(C(=O)NCC2Cc3ccccc3O2)nc1. The van der Waals surface area contributed by atoms with E-state index in [0.717, 1.165) is 17.7 Å². The first-order valence-electron chi connectivity index (χ1n) is 6.94. The summed E-state index contributed by atoms with van der Waals surface area (Å²) in [5.41, 5.74) is 7.98. The van der Waals surface area contributed by atoms with Gasteiger partial charge in [-0.05, 0) is 23.3 Å². The van der Waals surface area contributed by atoms with Crippen LogP contribution in [-0.4, -0.2) is 23.5 Å². The van der Waals surface area contributed by atoms with Gasteiger partial charge in [-0.1, -0.05) is 24.3 Å². The Morgan fingerprint density at radius 2 is 2.19 bits per heavy atom. The first-order chi connectivity index (χ1) is 10.3. The lowest BCUT2D eigenvalue weighted by atomic mass is 10.1. The molecule has 0 radical (unpaired) electrons. The van der Waals surface area contributed by atoms with Crippen LogP contribution in [0.25, 0.3) is 0 Å². The minimum atomic E-state index is -0.196. The fraction of sp³-hybridized carbons (Fsp3) is 0.250. The maximum atomic E-state index is 12.0. The number of hydrogen-bond acceptors (Lipinski definition) is 4. The molecule has 2 aromatic rings. The molecule has 0 saturated heterocycles. The molecule has 0 bridgehead atoms. The van der Waals surface area contributed by atoms with Gasteiger partial charge in [0.15, 0.2) is 0 Å². The summed E-state index contributed by atoms with van der Waals surface area (Å²) in [5, 5.41) is 2.86. The van der Waals surface area contributed by atoms with Crippen molar-refractivity contribution in [3.63, 3.8) is 0 Å². The minimum absolute atomic E-state index is 0.0188. The van der Waals surface area contributed by atoms with E-state index in [-0.39, 0.29) is 12.0 Å². The van der Waals surface area contributed by atoms with E-state index in [1.807, 2.05) is 30.3 Å². The molecule has 1 aromatic carbocycles. The third kappa shape index (κ3) is 3.03. The van der Waals surface area contributed by atoms with Crippen LogP contribution < -0.4 is 15.8 Å². The van der Waals surface area contributed by atoms with Gasteiger partial charge in [-0.2, -0.15) is 0 Å². The highest BCUT2D eigenvalue weighted by molar-refractivity contribution is 5.92. The summed E-state index contributed by atoms with van der Waals surface area (Å²) in [5.74, 6) is 0.709. The lowest BCUT2D eigenvalue weighted by Crippen LogP contribution is -2.34. The molecule has 1 amide bonds. The minimum Gasteiger partial charge on any atom is -0.488 e. The summed E-state index contributed by atoms with van der Waals surface area (Å²) in [7, 11) is 0. The standard InChI is InChI=1S/C16H17N3O2/c17-8-11-5-6-14(18-9-11)16(20)19-10-13-7-12-3-1-2-4-15(12)21-13/h1-6,9,13H,7-8,10,17H2,(H,19,20). The highest BCUT2D eigenvalue weighted by atomic mass is 16.5. The van der Waals surface area contributed by atoms with Crippen LogP contribution in [-0.2, 0) is 13.0 Å². The van der Waals surface area contributed by atoms with Crippen LogP contribution in [0.4, 0.5) is 0 Å². The zero-order valence-electron chi connectivity index (χ0n) is 11.6. The second kappa shape index (κ2) is 5.93. The highest BCUT2D eigenvalue weighted by Crippen LogP contribution is 2.27. The largest absolute Gasteiger partial charge is 0.488 e. The molecule has 1 atom stereocenters. The van der Waals surface area contributed by atoms with Crippen LogP contribution in [0.15, 0.2) is 42.6 Å². The molecule has 21 heavy (non-hydrogen) atoms. The molecule has 0 aliphatic carbocycles. The molecule has 0 spiro atoms. The molecular formula is C16H17N3O2. The molecule has 3 rings (SSSR count). The quantitative estimate of drug-likeness (QED) is 0.886. The van der Waals surface area contributed by atoms with E-state index >= 15 is 0 Å². The average molecular weight is 283 g/mol. The Balaban J connectivity index is 1.55. The Kier molecular flexibility index (Phi) is 3.83. The van der Waals surface area contributed by atoms with Gasteiger partial charge in [0.1, 0.15) is 17.5 Å². The Morgan fingerprint density at radius 1 is 1.33 bits per heavy atom. The number of nitrogens with zero attached hydrogens (tertiary/aromatic N) is 1. The van der Waals surface area contributed by atoms with E-state index in [4.69, 9.17) is 10.5 Å². The fourth-order valence-corrected chi connectivity index (χ4v) is 2.34. The topological polar surface area (TPSA) is 77.2 Å². The summed E-state index contributed by atoms with van der Waals surface area (Å²) in [6.45, 7) is 0.886. The lowest BCUT2D eigenvalue weighted by molar-refractivity contribution is 0.0928. The Morgan fingerprint density at radius 3 is 2.90 bits per heavy atom. The van der Waals surface area contributed by atoms with Gasteiger partial charge in [0.25, 0.3) is 5.91 Å². The molecule has 1 aromatic heterocycles. The zero-order valence-corrected chi connectivity index (χ0v) is 11.6. The van der Waals surface area contributed by atoms with Crippen molar-refractivity contribution in [1.82, 2.24) is 10.3 Å². The van der Waals surface area contributed by atoms with E-state index in [1.165, 1.54) is 5.56 Å². The van der Waals surface area contributed by atoms with E-state index in [9.17, 15) is 4.79 Å². The van der Waals surface area contributed by atoms with E-state index < -0.39 is 0 Å². The Hall–Kier alpha value is -2.40. The molecule has 0 fully saturated rings. The Bertz CT molecular complexity index is 615. The van der Waals surface area contributed by atoms with E-state index in [2.05, 4.69) is 10.3 Å². The molecule has 1 aliphatic rings. The maximum absolute atomic E-state index is 12.0. The summed E-state index contributed by atoms with van der Waals surface area (Å²) in [4.78, 5) is 16.1. The number of nitrogens with two attached hydrogens (primary N) is 1. The van der Waals surface area contributed by atoms with Gasteiger partial charge in [0.05, 0.1) is 6.54 Å². The average Bonchev–Trinajstić information content (AvgIpc) is 2.95. The number of fused-ring (bicyclic) bond motifs is 1. The third-order valence-electron chi connectivity index (χ3n) is 3.50. The van der Waals surface area contributed by atoms with Crippen molar-refractivity contribution in [2.45, 2.75) is 19.1 Å². The van der Waals surface area contributed by atoms with Crippen LogP contribution in [0.1, 0.15) is 21.6 Å². The normalized spacial score (nSPS) is 16.1. The van der Waals surface area contributed by atoms with Gasteiger partial charge in [-0.25, -0.2) is 0 Å². The number of carbonyl (C=O) groups is 1. The van der Waals surface area contributed by atoms with E-state index in [0.29, 0.717) is 18.8 Å². The van der Waals surface area contributed by atoms with Gasteiger partial charge >= 0.3 is 0 Å².